The van der Waals surface area contributed by atoms with E-state index >= 15 is 0 Å². The van der Waals surface area contributed by atoms with Crippen LogP contribution in [-0.2, 0) is 6.54 Å². The van der Waals surface area contributed by atoms with Crippen molar-refractivity contribution in [2.24, 2.45) is 5.92 Å². The second-order valence-corrected chi connectivity index (χ2v) is 7.46. The van der Waals surface area contributed by atoms with Crippen molar-refractivity contribution in [1.29, 1.82) is 0 Å². The van der Waals surface area contributed by atoms with Gasteiger partial charge in [0.15, 0.2) is 0 Å². The van der Waals surface area contributed by atoms with Crippen LogP contribution < -0.4 is 5.32 Å². The molecule has 20 heavy (non-hydrogen) atoms. The van der Waals surface area contributed by atoms with Gasteiger partial charge >= 0.3 is 0 Å². The molecule has 1 N–H and O–H groups in total. The topological polar surface area (TPSA) is 33.1 Å². The van der Waals surface area contributed by atoms with Gasteiger partial charge in [-0.1, -0.05) is 0 Å². The van der Waals surface area contributed by atoms with Gasteiger partial charge in [-0.05, 0) is 46.5 Å². The minimum Gasteiger partial charge on any atom is -0.334 e. The van der Waals surface area contributed by atoms with Crippen LogP contribution in [0.1, 0.15) is 39.4 Å². The number of imidazole rings is 1. The lowest BCUT2D eigenvalue weighted by atomic mass is 9.86. The van der Waals surface area contributed by atoms with Crippen molar-refractivity contribution >= 4 is 0 Å². The maximum Gasteiger partial charge on any atom is 0.105 e. The van der Waals surface area contributed by atoms with Gasteiger partial charge in [-0.15, -0.1) is 0 Å². The van der Waals surface area contributed by atoms with Crippen molar-refractivity contribution in [3.63, 3.8) is 0 Å². The van der Waals surface area contributed by atoms with Crippen molar-refractivity contribution < 1.29 is 0 Å². The van der Waals surface area contributed by atoms with Crippen LogP contribution in [0.3, 0.4) is 0 Å². The number of aromatic nitrogens is 2. The molecule has 2 heterocycles. The van der Waals surface area contributed by atoms with Gasteiger partial charge < -0.3 is 9.88 Å². The second-order valence-electron chi connectivity index (χ2n) is 7.46. The van der Waals surface area contributed by atoms with Crippen molar-refractivity contribution in [2.45, 2.75) is 58.2 Å². The molecule has 0 bridgehead atoms. The van der Waals surface area contributed by atoms with Crippen LogP contribution in [-0.4, -0.2) is 45.2 Å². The first-order valence-corrected chi connectivity index (χ1v) is 7.89. The fourth-order valence-electron chi connectivity index (χ4n) is 3.55. The number of aryl methyl sites for hydroxylation is 1. The first-order valence-electron chi connectivity index (χ1n) is 7.89. The first-order chi connectivity index (χ1) is 9.41. The summed E-state index contributed by atoms with van der Waals surface area (Å²) in [5, 5.41) is 3.74. The standard InChI is InChI=1S/C16H28N4/c1-13-17-7-8-19(13)9-10-20-12-15(2,3)18-11-16(20,4)14-5-6-14/h7-8,14,18H,5-6,9-12H2,1-4H3. The van der Waals surface area contributed by atoms with Crippen LogP contribution in [0.4, 0.5) is 0 Å². The smallest absolute Gasteiger partial charge is 0.105 e. The van der Waals surface area contributed by atoms with E-state index in [1.807, 2.05) is 6.20 Å². The molecule has 4 nitrogen and oxygen atoms in total. The second kappa shape index (κ2) is 4.85. The first kappa shape index (κ1) is 14.1. The fraction of sp³-hybridized carbons (Fsp3) is 0.812. The minimum absolute atomic E-state index is 0.221. The van der Waals surface area contributed by atoms with E-state index in [0.717, 1.165) is 37.9 Å². The van der Waals surface area contributed by atoms with E-state index in [2.05, 4.69) is 53.7 Å². The van der Waals surface area contributed by atoms with E-state index in [1.165, 1.54) is 12.8 Å². The van der Waals surface area contributed by atoms with Crippen LogP contribution in [0.5, 0.6) is 0 Å². The van der Waals surface area contributed by atoms with Crippen LogP contribution >= 0.6 is 0 Å². The summed E-state index contributed by atoms with van der Waals surface area (Å²) in [5.74, 6) is 2.00. The molecule has 0 spiro atoms. The van der Waals surface area contributed by atoms with E-state index in [1.54, 1.807) is 0 Å². The molecular formula is C16H28N4. The van der Waals surface area contributed by atoms with E-state index in [-0.39, 0.29) is 5.54 Å². The molecule has 1 aromatic rings. The summed E-state index contributed by atoms with van der Waals surface area (Å²) in [7, 11) is 0. The van der Waals surface area contributed by atoms with Crippen molar-refractivity contribution in [2.75, 3.05) is 19.6 Å². The molecule has 1 aromatic heterocycles. The zero-order valence-electron chi connectivity index (χ0n) is 13.3. The highest BCUT2D eigenvalue weighted by Gasteiger charge is 2.49. The largest absolute Gasteiger partial charge is 0.334 e. The molecule has 1 saturated carbocycles. The molecular weight excluding hydrogens is 248 g/mol. The lowest BCUT2D eigenvalue weighted by molar-refractivity contribution is 0.00936. The monoisotopic (exact) mass is 276 g/mol. The Bertz CT molecular complexity index is 475. The van der Waals surface area contributed by atoms with Gasteiger partial charge in [0.05, 0.1) is 0 Å². The van der Waals surface area contributed by atoms with Crippen LogP contribution in [0.2, 0.25) is 0 Å². The van der Waals surface area contributed by atoms with E-state index < -0.39 is 0 Å². The molecule has 0 radical (unpaired) electrons. The number of nitrogens with one attached hydrogen (secondary N) is 1. The third-order valence-electron chi connectivity index (χ3n) is 5.22. The fourth-order valence-corrected chi connectivity index (χ4v) is 3.55. The maximum atomic E-state index is 4.32. The lowest BCUT2D eigenvalue weighted by Gasteiger charge is -2.52. The van der Waals surface area contributed by atoms with Gasteiger partial charge in [0.25, 0.3) is 0 Å². The zero-order valence-corrected chi connectivity index (χ0v) is 13.3. The Hall–Kier alpha value is -0.870. The number of nitrogens with zero attached hydrogens (tertiary/aromatic N) is 3. The van der Waals surface area contributed by atoms with Gasteiger partial charge in [0, 0.05) is 49.7 Å². The Morgan fingerprint density at radius 1 is 1.30 bits per heavy atom. The third kappa shape index (κ3) is 2.63. The third-order valence-corrected chi connectivity index (χ3v) is 5.22. The molecule has 4 heteroatoms. The summed E-state index contributed by atoms with van der Waals surface area (Å²) in [6.45, 7) is 13.6. The van der Waals surface area contributed by atoms with Crippen LogP contribution in [0.15, 0.2) is 12.4 Å². The summed E-state index contributed by atoms with van der Waals surface area (Å²) >= 11 is 0. The Balaban J connectivity index is 1.71. The normalized spacial score (nSPS) is 30.6. The summed E-state index contributed by atoms with van der Waals surface area (Å²) in [4.78, 5) is 7.05. The Morgan fingerprint density at radius 2 is 2.05 bits per heavy atom. The van der Waals surface area contributed by atoms with Crippen molar-refractivity contribution in [1.82, 2.24) is 19.8 Å². The molecule has 2 fully saturated rings. The number of hydrogen-bond acceptors (Lipinski definition) is 3. The number of hydrogen-bond donors (Lipinski definition) is 1. The highest BCUT2D eigenvalue weighted by atomic mass is 15.3. The van der Waals surface area contributed by atoms with Gasteiger partial charge in [0.1, 0.15) is 5.82 Å². The van der Waals surface area contributed by atoms with E-state index in [4.69, 9.17) is 0 Å². The SMILES string of the molecule is Cc1nccn1CCN1CC(C)(C)NCC1(C)C1CC1. The summed E-state index contributed by atoms with van der Waals surface area (Å²) in [5.41, 5.74) is 0.558. The Kier molecular flexibility index (Phi) is 3.41. The molecule has 1 aliphatic heterocycles. The average molecular weight is 276 g/mol. The van der Waals surface area contributed by atoms with Gasteiger partial charge in [-0.3, -0.25) is 4.90 Å². The van der Waals surface area contributed by atoms with Gasteiger partial charge in [-0.2, -0.15) is 0 Å². The molecule has 3 rings (SSSR count). The minimum atomic E-state index is 0.221. The molecule has 0 amide bonds. The molecule has 1 saturated heterocycles. The quantitative estimate of drug-likeness (QED) is 0.913. The summed E-state index contributed by atoms with van der Waals surface area (Å²) in [6, 6.07) is 0. The maximum absolute atomic E-state index is 4.32. The predicted octanol–water partition coefficient (Wildman–Crippen LogP) is 2.04. The van der Waals surface area contributed by atoms with Gasteiger partial charge in [0.2, 0.25) is 0 Å². The number of rotatable bonds is 4. The van der Waals surface area contributed by atoms with Crippen molar-refractivity contribution in [3.8, 4) is 0 Å². The summed E-state index contributed by atoms with van der Waals surface area (Å²) < 4.78 is 2.27. The highest BCUT2D eigenvalue weighted by Crippen LogP contribution is 2.44. The average Bonchev–Trinajstić information content (AvgIpc) is 3.16. The molecule has 1 aliphatic carbocycles. The van der Waals surface area contributed by atoms with Crippen molar-refractivity contribution in [3.05, 3.63) is 18.2 Å². The zero-order chi connectivity index (χ0) is 14.4. The Labute approximate surface area is 122 Å². The molecule has 1 unspecified atom stereocenters. The molecule has 0 aromatic carbocycles. The Morgan fingerprint density at radius 3 is 2.65 bits per heavy atom. The van der Waals surface area contributed by atoms with Crippen LogP contribution in [0, 0.1) is 12.8 Å². The van der Waals surface area contributed by atoms with E-state index in [0.29, 0.717) is 5.54 Å². The van der Waals surface area contributed by atoms with Crippen LogP contribution in [0.25, 0.3) is 0 Å². The predicted molar refractivity (Wildman–Crippen MR) is 81.7 cm³/mol. The lowest BCUT2D eigenvalue weighted by Crippen LogP contribution is -2.68. The molecule has 1 atom stereocenters. The van der Waals surface area contributed by atoms with E-state index in [9.17, 15) is 0 Å². The molecule has 2 aliphatic rings. The number of piperazine rings is 1. The van der Waals surface area contributed by atoms with Gasteiger partial charge in [-0.25, -0.2) is 4.98 Å². The summed E-state index contributed by atoms with van der Waals surface area (Å²) in [6.07, 6.45) is 6.80. The highest BCUT2D eigenvalue weighted by molar-refractivity contribution is 5.07. The molecule has 112 valence electrons.